The highest BCUT2D eigenvalue weighted by atomic mass is 16.4. The number of carboxylic acid groups (broad SMARTS) is 2. The van der Waals surface area contributed by atoms with Crippen LogP contribution < -0.4 is 5.32 Å². The van der Waals surface area contributed by atoms with Crippen LogP contribution in [0.5, 0.6) is 0 Å². The summed E-state index contributed by atoms with van der Waals surface area (Å²) in [5, 5.41) is 21.0. The summed E-state index contributed by atoms with van der Waals surface area (Å²) in [7, 11) is 0. The van der Waals surface area contributed by atoms with E-state index in [0.29, 0.717) is 39.3 Å². The van der Waals surface area contributed by atoms with Gasteiger partial charge in [-0.2, -0.15) is 0 Å². The van der Waals surface area contributed by atoms with Crippen LogP contribution >= 0.6 is 0 Å². The van der Waals surface area contributed by atoms with Gasteiger partial charge < -0.3 is 15.5 Å². The van der Waals surface area contributed by atoms with Gasteiger partial charge in [0.2, 0.25) is 5.91 Å². The summed E-state index contributed by atoms with van der Waals surface area (Å²) in [6, 6.07) is 0.108. The van der Waals surface area contributed by atoms with Gasteiger partial charge in [-0.05, 0) is 13.3 Å². The minimum Gasteiger partial charge on any atom is -0.480 e. The van der Waals surface area contributed by atoms with Crippen LogP contribution in [-0.2, 0) is 14.4 Å². The smallest absolute Gasteiger partial charge is 0.317 e. The van der Waals surface area contributed by atoms with Gasteiger partial charge in [0.15, 0.2) is 0 Å². The fourth-order valence-electron chi connectivity index (χ4n) is 2.67. The van der Waals surface area contributed by atoms with Gasteiger partial charge >= 0.3 is 11.9 Å². The molecule has 0 spiro atoms. The minimum absolute atomic E-state index is 0.0665. The third-order valence-electron chi connectivity index (χ3n) is 4.30. The molecule has 1 aliphatic rings. The van der Waals surface area contributed by atoms with Crippen LogP contribution in [0.3, 0.4) is 0 Å². The molecule has 0 aliphatic carbocycles. The number of hydrogen-bond donors (Lipinski definition) is 3. The lowest BCUT2D eigenvalue weighted by atomic mass is 10.2. The van der Waals surface area contributed by atoms with E-state index in [9.17, 15) is 14.4 Å². The van der Waals surface area contributed by atoms with Crippen molar-refractivity contribution in [2.45, 2.75) is 26.3 Å². The van der Waals surface area contributed by atoms with Crippen molar-refractivity contribution in [3.8, 4) is 0 Å². The van der Waals surface area contributed by atoms with Gasteiger partial charge in [0, 0.05) is 45.3 Å². The second kappa shape index (κ2) is 11.0. The fourth-order valence-corrected chi connectivity index (χ4v) is 2.67. The summed E-state index contributed by atoms with van der Waals surface area (Å²) < 4.78 is 0. The second-order valence-electron chi connectivity index (χ2n) is 6.49. The van der Waals surface area contributed by atoms with Crippen LogP contribution in [-0.4, -0.2) is 108 Å². The molecule has 0 radical (unpaired) electrons. The lowest BCUT2D eigenvalue weighted by Gasteiger charge is -2.25. The first-order valence-corrected chi connectivity index (χ1v) is 8.70. The van der Waals surface area contributed by atoms with Gasteiger partial charge in [0.25, 0.3) is 0 Å². The highest BCUT2D eigenvalue weighted by Crippen LogP contribution is 2.01. The number of nitrogens with one attached hydrogen (secondary N) is 1. The molecule has 0 aromatic rings. The van der Waals surface area contributed by atoms with Crippen LogP contribution in [0.2, 0.25) is 0 Å². The van der Waals surface area contributed by atoms with Crippen molar-refractivity contribution in [1.82, 2.24) is 20.0 Å². The van der Waals surface area contributed by atoms with Gasteiger partial charge in [-0.25, -0.2) is 0 Å². The molecule has 9 nitrogen and oxygen atoms in total. The van der Waals surface area contributed by atoms with Crippen LogP contribution in [0, 0.1) is 0 Å². The zero-order valence-corrected chi connectivity index (χ0v) is 15.1. The van der Waals surface area contributed by atoms with Crippen molar-refractivity contribution in [2.24, 2.45) is 0 Å². The summed E-state index contributed by atoms with van der Waals surface area (Å²) in [6.07, 6.45) is 0.852. The lowest BCUT2D eigenvalue weighted by molar-refractivity contribution is -0.140. The van der Waals surface area contributed by atoms with E-state index in [0.717, 1.165) is 6.42 Å². The quantitative estimate of drug-likeness (QED) is 0.506. The Hall–Kier alpha value is -1.71. The van der Waals surface area contributed by atoms with Crippen molar-refractivity contribution in [3.63, 3.8) is 0 Å². The fraction of sp³-hybridized carbons (Fsp3) is 0.812. The van der Waals surface area contributed by atoms with Crippen molar-refractivity contribution < 1.29 is 24.6 Å². The molecule has 3 N–H and O–H groups in total. The molecule has 1 atom stereocenters. The normalized spacial score (nSPS) is 19.4. The number of rotatable bonds is 8. The van der Waals surface area contributed by atoms with Gasteiger partial charge in [-0.1, -0.05) is 6.92 Å². The Morgan fingerprint density at radius 3 is 1.52 bits per heavy atom. The van der Waals surface area contributed by atoms with Gasteiger partial charge in [-0.15, -0.1) is 0 Å². The van der Waals surface area contributed by atoms with E-state index in [2.05, 4.69) is 5.32 Å². The number of carboxylic acids is 2. The van der Waals surface area contributed by atoms with Crippen molar-refractivity contribution >= 4 is 17.8 Å². The van der Waals surface area contributed by atoms with Gasteiger partial charge in [0.1, 0.15) is 0 Å². The largest absolute Gasteiger partial charge is 0.480 e. The van der Waals surface area contributed by atoms with E-state index in [1.165, 1.54) is 0 Å². The third kappa shape index (κ3) is 9.37. The standard InChI is InChI=1S/C16H30N4O5/c1-3-13(2)17-14(21)10-18-4-6-19(11-15(22)23)8-9-20(7-5-18)12-16(24)25/h13H,3-12H2,1-2H3,(H,17,21)(H,22,23)(H,24,25). The lowest BCUT2D eigenvalue weighted by Crippen LogP contribution is -2.45. The topological polar surface area (TPSA) is 113 Å². The molecule has 1 amide bonds. The number of nitrogens with zero attached hydrogens (tertiary/aromatic N) is 3. The first-order valence-electron chi connectivity index (χ1n) is 8.70. The minimum atomic E-state index is -0.912. The molecule has 1 fully saturated rings. The Labute approximate surface area is 148 Å². The van der Waals surface area contributed by atoms with E-state index in [1.54, 1.807) is 9.80 Å². The molecule has 0 aromatic heterocycles. The Balaban J connectivity index is 2.68. The van der Waals surface area contributed by atoms with Gasteiger partial charge in [-0.3, -0.25) is 29.1 Å². The highest BCUT2D eigenvalue weighted by molar-refractivity contribution is 5.78. The molecule has 0 aromatic carbocycles. The van der Waals surface area contributed by atoms with E-state index >= 15 is 0 Å². The molecule has 9 heteroatoms. The Morgan fingerprint density at radius 1 is 0.840 bits per heavy atom. The number of aliphatic carboxylic acids is 2. The maximum Gasteiger partial charge on any atom is 0.317 e. The number of hydrogen-bond acceptors (Lipinski definition) is 6. The maximum atomic E-state index is 12.1. The first kappa shape index (κ1) is 21.3. The maximum absolute atomic E-state index is 12.1. The summed E-state index contributed by atoms with van der Waals surface area (Å²) in [6.45, 7) is 7.18. The van der Waals surface area contributed by atoms with Crippen LogP contribution in [0.25, 0.3) is 0 Å². The average molecular weight is 358 g/mol. The van der Waals surface area contributed by atoms with Gasteiger partial charge in [0.05, 0.1) is 19.6 Å². The predicted octanol–water partition coefficient (Wildman–Crippen LogP) is -1.01. The van der Waals surface area contributed by atoms with E-state index in [-0.39, 0.29) is 31.6 Å². The molecular formula is C16H30N4O5. The number of amides is 1. The molecule has 1 aliphatic heterocycles. The molecule has 0 bridgehead atoms. The average Bonchev–Trinajstić information content (AvgIpc) is 2.59. The highest BCUT2D eigenvalue weighted by Gasteiger charge is 2.20. The third-order valence-corrected chi connectivity index (χ3v) is 4.30. The number of carbonyl (C=O) groups excluding carboxylic acids is 1. The summed E-state index contributed by atoms with van der Waals surface area (Å²) in [5.41, 5.74) is 0. The van der Waals surface area contributed by atoms with Crippen LogP contribution in [0.4, 0.5) is 0 Å². The summed E-state index contributed by atoms with van der Waals surface area (Å²) >= 11 is 0. The second-order valence-corrected chi connectivity index (χ2v) is 6.49. The zero-order valence-electron chi connectivity index (χ0n) is 15.1. The van der Waals surface area contributed by atoms with Crippen LogP contribution in [0.15, 0.2) is 0 Å². The molecule has 0 saturated carbocycles. The Bertz CT molecular complexity index is 432. The van der Waals surface area contributed by atoms with E-state index < -0.39 is 11.9 Å². The SMILES string of the molecule is CCC(C)NC(=O)CN1CCN(CC(=O)O)CCN(CC(=O)O)CC1. The molecule has 1 heterocycles. The van der Waals surface area contributed by atoms with Crippen molar-refractivity contribution in [1.29, 1.82) is 0 Å². The monoisotopic (exact) mass is 358 g/mol. The van der Waals surface area contributed by atoms with E-state index in [4.69, 9.17) is 10.2 Å². The van der Waals surface area contributed by atoms with Crippen LogP contribution in [0.1, 0.15) is 20.3 Å². The van der Waals surface area contributed by atoms with Crippen molar-refractivity contribution in [3.05, 3.63) is 0 Å². The molecule has 144 valence electrons. The Kier molecular flexibility index (Phi) is 9.40. The summed E-state index contributed by atoms with van der Waals surface area (Å²) in [4.78, 5) is 39.6. The predicted molar refractivity (Wildman–Crippen MR) is 92.5 cm³/mol. The Morgan fingerprint density at radius 2 is 1.20 bits per heavy atom. The zero-order chi connectivity index (χ0) is 18.8. The molecule has 1 rings (SSSR count). The number of carbonyl (C=O) groups is 3. The molecule has 25 heavy (non-hydrogen) atoms. The molecule has 1 unspecified atom stereocenters. The first-order chi connectivity index (χ1) is 11.8. The summed E-state index contributed by atoms with van der Waals surface area (Å²) in [5.74, 6) is -1.89. The molecule has 1 saturated heterocycles. The van der Waals surface area contributed by atoms with E-state index in [1.807, 2.05) is 18.7 Å². The molecular weight excluding hydrogens is 328 g/mol. The van der Waals surface area contributed by atoms with Crippen molar-refractivity contribution in [2.75, 3.05) is 58.9 Å².